The minimum Gasteiger partial charge on any atom is -0.383 e. The topological polar surface area (TPSA) is 63.2 Å². The summed E-state index contributed by atoms with van der Waals surface area (Å²) in [7, 11) is 1.65. The van der Waals surface area contributed by atoms with Crippen molar-refractivity contribution >= 4 is 33.1 Å². The molecule has 0 bridgehead atoms. The highest BCUT2D eigenvalue weighted by Crippen LogP contribution is 2.32. The third-order valence-corrected chi connectivity index (χ3v) is 6.86. The van der Waals surface area contributed by atoms with Gasteiger partial charge in [0.15, 0.2) is 5.13 Å². The fraction of sp³-hybridized carbons (Fsp3) is 0.440. The molecule has 1 heterocycles. The maximum atomic E-state index is 12.9. The molecule has 5 nitrogen and oxygen atoms in total. The molecular formula is C25H31N3O2S. The normalized spacial score (nSPS) is 15.6. The van der Waals surface area contributed by atoms with Crippen molar-refractivity contribution in [3.8, 4) is 11.3 Å². The lowest BCUT2D eigenvalue weighted by molar-refractivity contribution is -0.122. The van der Waals surface area contributed by atoms with E-state index in [0.717, 1.165) is 22.8 Å². The van der Waals surface area contributed by atoms with Crippen molar-refractivity contribution in [1.82, 2.24) is 10.3 Å². The average Bonchev–Trinajstić information content (AvgIpc) is 3.27. The van der Waals surface area contributed by atoms with E-state index in [1.54, 1.807) is 18.4 Å². The molecule has 1 aliphatic carbocycles. The first-order chi connectivity index (χ1) is 15.2. The van der Waals surface area contributed by atoms with Crippen LogP contribution in [-0.4, -0.2) is 37.2 Å². The summed E-state index contributed by atoms with van der Waals surface area (Å²) < 4.78 is 5.08. The van der Waals surface area contributed by atoms with E-state index < -0.39 is 0 Å². The minimum atomic E-state index is -0.272. The molecular weight excluding hydrogens is 406 g/mol. The van der Waals surface area contributed by atoms with Gasteiger partial charge in [0.2, 0.25) is 5.91 Å². The Balaban J connectivity index is 1.51. The molecule has 6 heteroatoms. The van der Waals surface area contributed by atoms with Crippen LogP contribution >= 0.6 is 11.3 Å². The molecule has 0 unspecified atom stereocenters. The van der Waals surface area contributed by atoms with E-state index in [2.05, 4.69) is 58.5 Å². The Labute approximate surface area is 188 Å². The number of fused-ring (bicyclic) bond motifs is 1. The average molecular weight is 438 g/mol. The first-order valence-corrected chi connectivity index (χ1v) is 12.1. The van der Waals surface area contributed by atoms with Gasteiger partial charge in [-0.05, 0) is 23.1 Å². The molecule has 3 aromatic rings. The number of thiazole rings is 1. The number of anilines is 1. The first-order valence-electron chi connectivity index (χ1n) is 11.2. The second kappa shape index (κ2) is 10.7. The lowest BCUT2D eigenvalue weighted by atomic mass is 9.84. The second-order valence-corrected chi connectivity index (χ2v) is 9.14. The number of nitrogens with one attached hydrogen (secondary N) is 2. The monoisotopic (exact) mass is 437 g/mol. The highest BCUT2D eigenvalue weighted by molar-refractivity contribution is 7.14. The fourth-order valence-electron chi connectivity index (χ4n) is 4.45. The number of methoxy groups -OCH3 is 1. The molecule has 0 aliphatic heterocycles. The van der Waals surface area contributed by atoms with Gasteiger partial charge < -0.3 is 15.4 Å². The number of benzene rings is 2. The summed E-state index contributed by atoms with van der Waals surface area (Å²) in [6, 6.07) is 14.4. The lowest BCUT2D eigenvalue weighted by Gasteiger charge is -2.26. The quantitative estimate of drug-likeness (QED) is 0.435. The van der Waals surface area contributed by atoms with Crippen molar-refractivity contribution in [2.75, 3.05) is 25.6 Å². The Morgan fingerprint density at radius 1 is 1.16 bits per heavy atom. The van der Waals surface area contributed by atoms with E-state index in [0.29, 0.717) is 19.1 Å². The van der Waals surface area contributed by atoms with E-state index in [9.17, 15) is 4.79 Å². The Kier molecular flexibility index (Phi) is 7.54. The molecule has 0 radical (unpaired) electrons. The van der Waals surface area contributed by atoms with Crippen LogP contribution in [0.15, 0.2) is 47.8 Å². The molecule has 1 fully saturated rings. The van der Waals surface area contributed by atoms with Gasteiger partial charge in [-0.3, -0.25) is 4.79 Å². The largest absolute Gasteiger partial charge is 0.383 e. The predicted octanol–water partition coefficient (Wildman–Crippen LogP) is 5.48. The molecule has 4 rings (SSSR count). The minimum absolute atomic E-state index is 0.0320. The number of ether oxygens (including phenoxy) is 1. The number of carbonyl (C=O) groups excluding carboxylic acids is 1. The smallest absolute Gasteiger partial charge is 0.242 e. The molecule has 0 saturated heterocycles. The van der Waals surface area contributed by atoms with Gasteiger partial charge in [0.1, 0.15) is 6.04 Å². The number of nitrogens with zero attached hydrogens (tertiary/aromatic N) is 1. The summed E-state index contributed by atoms with van der Waals surface area (Å²) in [6.45, 7) is 1.04. The van der Waals surface area contributed by atoms with Crippen molar-refractivity contribution < 1.29 is 9.53 Å². The number of amides is 1. The van der Waals surface area contributed by atoms with Gasteiger partial charge >= 0.3 is 0 Å². The van der Waals surface area contributed by atoms with Gasteiger partial charge in [0, 0.05) is 24.6 Å². The highest BCUT2D eigenvalue weighted by atomic mass is 32.1. The third kappa shape index (κ3) is 5.63. The molecule has 2 aromatic carbocycles. The van der Waals surface area contributed by atoms with Crippen molar-refractivity contribution in [1.29, 1.82) is 0 Å². The maximum absolute atomic E-state index is 12.9. The number of hydrogen-bond donors (Lipinski definition) is 2. The Hall–Kier alpha value is -2.44. The maximum Gasteiger partial charge on any atom is 0.242 e. The number of carbonyl (C=O) groups is 1. The number of hydrogen-bond acceptors (Lipinski definition) is 5. The van der Waals surface area contributed by atoms with Crippen molar-refractivity contribution in [3.63, 3.8) is 0 Å². The summed E-state index contributed by atoms with van der Waals surface area (Å²) in [6.07, 6.45) is 7.12. The third-order valence-electron chi connectivity index (χ3n) is 6.08. The molecule has 1 amide bonds. The lowest BCUT2D eigenvalue weighted by Crippen LogP contribution is -2.42. The van der Waals surface area contributed by atoms with E-state index >= 15 is 0 Å². The molecule has 164 valence electrons. The molecule has 2 N–H and O–H groups in total. The van der Waals surface area contributed by atoms with E-state index in [-0.39, 0.29) is 11.9 Å². The van der Waals surface area contributed by atoms with E-state index in [1.807, 2.05) is 0 Å². The Morgan fingerprint density at radius 2 is 1.97 bits per heavy atom. The molecule has 1 aromatic heterocycles. The zero-order valence-electron chi connectivity index (χ0n) is 18.1. The zero-order valence-corrected chi connectivity index (χ0v) is 18.9. The van der Waals surface area contributed by atoms with Crippen LogP contribution in [0.1, 0.15) is 38.5 Å². The number of aromatic nitrogens is 1. The standard InChI is InChI=1S/C25H31N3O2S/c1-30-15-14-26-24(29)22(16-18-8-3-2-4-9-18)27-25-28-23(17-31-25)21-13-7-11-19-10-5-6-12-20(19)21/h5-7,10-13,17-18,22H,2-4,8-9,14-16H2,1H3,(H,26,29)(H,27,28)/t22-/m0/s1. The van der Waals surface area contributed by atoms with Crippen LogP contribution in [0.3, 0.4) is 0 Å². The molecule has 0 spiro atoms. The summed E-state index contributed by atoms with van der Waals surface area (Å²) >= 11 is 1.56. The predicted molar refractivity (Wildman–Crippen MR) is 129 cm³/mol. The highest BCUT2D eigenvalue weighted by Gasteiger charge is 2.25. The van der Waals surface area contributed by atoms with E-state index in [4.69, 9.17) is 9.72 Å². The van der Waals surface area contributed by atoms with Gasteiger partial charge in [0.25, 0.3) is 0 Å². The van der Waals surface area contributed by atoms with Crippen LogP contribution in [-0.2, 0) is 9.53 Å². The van der Waals surface area contributed by atoms with Crippen LogP contribution in [0, 0.1) is 5.92 Å². The molecule has 1 saturated carbocycles. The molecule has 1 aliphatic rings. The van der Waals surface area contributed by atoms with Crippen LogP contribution in [0.5, 0.6) is 0 Å². The summed E-state index contributed by atoms with van der Waals surface area (Å²) in [4.78, 5) is 17.7. The van der Waals surface area contributed by atoms with Crippen molar-refractivity contribution in [2.45, 2.75) is 44.6 Å². The Morgan fingerprint density at radius 3 is 2.81 bits per heavy atom. The van der Waals surface area contributed by atoms with Gasteiger partial charge in [-0.25, -0.2) is 4.98 Å². The van der Waals surface area contributed by atoms with Gasteiger partial charge in [0.05, 0.1) is 12.3 Å². The summed E-state index contributed by atoms with van der Waals surface area (Å²) in [5.41, 5.74) is 2.07. The van der Waals surface area contributed by atoms with Crippen LogP contribution < -0.4 is 10.6 Å². The van der Waals surface area contributed by atoms with Crippen molar-refractivity contribution in [3.05, 3.63) is 47.8 Å². The van der Waals surface area contributed by atoms with Crippen LogP contribution in [0.25, 0.3) is 22.0 Å². The van der Waals surface area contributed by atoms with Gasteiger partial charge in [-0.2, -0.15) is 0 Å². The van der Waals surface area contributed by atoms with E-state index in [1.165, 1.54) is 42.9 Å². The van der Waals surface area contributed by atoms with Crippen molar-refractivity contribution in [2.24, 2.45) is 5.92 Å². The summed E-state index contributed by atoms with van der Waals surface area (Å²) in [5, 5.41) is 11.7. The Bertz CT molecular complexity index is 992. The fourth-order valence-corrected chi connectivity index (χ4v) is 5.21. The first kappa shape index (κ1) is 21.8. The number of rotatable bonds is 9. The van der Waals surface area contributed by atoms with Gasteiger partial charge in [-0.15, -0.1) is 11.3 Å². The SMILES string of the molecule is COCCNC(=O)[C@H](CC1CCCCC1)Nc1nc(-c2cccc3ccccc23)cs1. The molecule has 31 heavy (non-hydrogen) atoms. The van der Waals surface area contributed by atoms with Crippen LogP contribution in [0.2, 0.25) is 0 Å². The van der Waals surface area contributed by atoms with Gasteiger partial charge in [-0.1, -0.05) is 74.6 Å². The second-order valence-electron chi connectivity index (χ2n) is 8.29. The van der Waals surface area contributed by atoms with Crippen LogP contribution in [0.4, 0.5) is 5.13 Å². The zero-order chi connectivity index (χ0) is 21.5. The molecule has 1 atom stereocenters. The summed E-state index contributed by atoms with van der Waals surface area (Å²) in [5.74, 6) is 0.626.